The number of hydrogen-bond donors (Lipinski definition) is 3. The van der Waals surface area contributed by atoms with Crippen LogP contribution in [0.4, 0.5) is 16.2 Å². The van der Waals surface area contributed by atoms with E-state index < -0.39 is 22.0 Å². The lowest BCUT2D eigenvalue weighted by atomic mass is 10.1. The molecule has 3 aromatic rings. The number of amides is 2. The van der Waals surface area contributed by atoms with Crippen molar-refractivity contribution >= 4 is 33.4 Å². The van der Waals surface area contributed by atoms with Gasteiger partial charge in [0.25, 0.3) is 0 Å². The van der Waals surface area contributed by atoms with Crippen LogP contribution in [-0.2, 0) is 14.8 Å². The van der Waals surface area contributed by atoms with Crippen molar-refractivity contribution in [2.75, 3.05) is 17.2 Å². The van der Waals surface area contributed by atoms with Crippen molar-refractivity contribution in [3.63, 3.8) is 0 Å². The summed E-state index contributed by atoms with van der Waals surface area (Å²) < 4.78 is 32.9. The van der Waals surface area contributed by atoms with E-state index in [1.807, 2.05) is 18.2 Å². The van der Waals surface area contributed by atoms with Crippen molar-refractivity contribution in [2.45, 2.75) is 24.8 Å². The van der Waals surface area contributed by atoms with Crippen molar-refractivity contribution < 1.29 is 22.7 Å². The highest BCUT2D eigenvalue weighted by atomic mass is 32.2. The molecule has 0 fully saturated rings. The van der Waals surface area contributed by atoms with Crippen molar-refractivity contribution in [3.8, 4) is 0 Å². The van der Waals surface area contributed by atoms with Gasteiger partial charge in [-0.3, -0.25) is 0 Å². The summed E-state index contributed by atoms with van der Waals surface area (Å²) in [6.07, 6.45) is 0. The van der Waals surface area contributed by atoms with Gasteiger partial charge < -0.3 is 15.4 Å². The summed E-state index contributed by atoms with van der Waals surface area (Å²) in [5.41, 5.74) is 2.24. The highest BCUT2D eigenvalue weighted by Crippen LogP contribution is 2.20. The normalized spacial score (nSPS) is 11.9. The topological polar surface area (TPSA) is 114 Å². The van der Waals surface area contributed by atoms with Crippen molar-refractivity contribution in [1.29, 1.82) is 0 Å². The van der Waals surface area contributed by atoms with E-state index in [-0.39, 0.29) is 23.1 Å². The summed E-state index contributed by atoms with van der Waals surface area (Å²) in [6.45, 7) is 3.66. The minimum atomic E-state index is -3.81. The first-order valence-corrected chi connectivity index (χ1v) is 11.8. The highest BCUT2D eigenvalue weighted by Gasteiger charge is 2.19. The van der Waals surface area contributed by atoms with Gasteiger partial charge in [-0.05, 0) is 67.9 Å². The fourth-order valence-corrected chi connectivity index (χ4v) is 4.26. The molecule has 0 radical (unpaired) electrons. The molecule has 0 heterocycles. The van der Waals surface area contributed by atoms with E-state index in [1.165, 1.54) is 24.3 Å². The third-order valence-corrected chi connectivity index (χ3v) is 6.26. The van der Waals surface area contributed by atoms with Crippen molar-refractivity contribution in [1.82, 2.24) is 4.72 Å². The van der Waals surface area contributed by atoms with Crippen molar-refractivity contribution in [3.05, 3.63) is 90.0 Å². The summed E-state index contributed by atoms with van der Waals surface area (Å²) in [4.78, 5) is 23.9. The number of benzene rings is 3. The van der Waals surface area contributed by atoms with E-state index >= 15 is 0 Å². The summed E-state index contributed by atoms with van der Waals surface area (Å²) >= 11 is 0. The Bertz CT molecular complexity index is 1200. The third-order valence-electron chi connectivity index (χ3n) is 4.71. The van der Waals surface area contributed by atoms with E-state index in [2.05, 4.69) is 15.4 Å². The van der Waals surface area contributed by atoms with Gasteiger partial charge in [-0.25, -0.2) is 22.7 Å². The number of nitrogens with one attached hydrogen (secondary N) is 3. The van der Waals surface area contributed by atoms with Gasteiger partial charge in [0.2, 0.25) is 10.0 Å². The zero-order chi connectivity index (χ0) is 23.8. The van der Waals surface area contributed by atoms with Crippen LogP contribution in [0.2, 0.25) is 0 Å². The maximum Gasteiger partial charge on any atom is 0.338 e. The minimum absolute atomic E-state index is 0.0401. The summed E-state index contributed by atoms with van der Waals surface area (Å²) in [5, 5.41) is 5.45. The quantitative estimate of drug-likeness (QED) is 0.421. The van der Waals surface area contributed by atoms with Crippen LogP contribution < -0.4 is 15.4 Å². The lowest BCUT2D eigenvalue weighted by Crippen LogP contribution is -2.27. The van der Waals surface area contributed by atoms with E-state index in [1.54, 1.807) is 50.2 Å². The van der Waals surface area contributed by atoms with Gasteiger partial charge in [0.1, 0.15) is 0 Å². The SMILES string of the molecule is CCOC(=O)c1ccc(S(=O)(=O)N[C@H](C)c2ccc(NC(=O)Nc3ccccc3)cc2)cc1. The Balaban J connectivity index is 1.60. The molecule has 0 bridgehead atoms. The Morgan fingerprint density at radius 3 is 2.00 bits per heavy atom. The predicted octanol–water partition coefficient (Wildman–Crippen LogP) is 4.55. The Hall–Kier alpha value is -3.69. The summed E-state index contributed by atoms with van der Waals surface area (Å²) in [6, 6.07) is 20.6. The number of para-hydroxylation sites is 1. The van der Waals surface area contributed by atoms with E-state index in [9.17, 15) is 18.0 Å². The van der Waals surface area contributed by atoms with Gasteiger partial charge in [0.15, 0.2) is 0 Å². The molecule has 0 aliphatic heterocycles. The van der Waals surface area contributed by atoms with Crippen LogP contribution in [0.25, 0.3) is 0 Å². The zero-order valence-corrected chi connectivity index (χ0v) is 19.1. The van der Waals surface area contributed by atoms with Gasteiger partial charge in [-0.15, -0.1) is 0 Å². The molecule has 0 aromatic heterocycles. The second-order valence-electron chi connectivity index (χ2n) is 7.15. The fraction of sp³-hybridized carbons (Fsp3) is 0.167. The Morgan fingerprint density at radius 2 is 1.42 bits per heavy atom. The standard InChI is InChI=1S/C24H25N3O5S/c1-3-32-23(28)19-11-15-22(16-12-19)33(30,31)27-17(2)18-9-13-21(14-10-18)26-24(29)25-20-7-5-4-6-8-20/h4-17,27H,3H2,1-2H3,(H2,25,26,29)/t17-/m1/s1. The molecule has 33 heavy (non-hydrogen) atoms. The summed E-state index contributed by atoms with van der Waals surface area (Å²) in [5.74, 6) is -0.506. The molecule has 8 nitrogen and oxygen atoms in total. The van der Waals surface area contributed by atoms with Crippen LogP contribution in [0.1, 0.15) is 35.8 Å². The lowest BCUT2D eigenvalue weighted by Gasteiger charge is -2.16. The van der Waals surface area contributed by atoms with E-state index in [0.29, 0.717) is 11.4 Å². The number of sulfonamides is 1. The summed E-state index contributed by atoms with van der Waals surface area (Å²) in [7, 11) is -3.81. The van der Waals surface area contributed by atoms with Gasteiger partial charge in [0.05, 0.1) is 17.1 Å². The highest BCUT2D eigenvalue weighted by molar-refractivity contribution is 7.89. The molecule has 3 rings (SSSR count). The molecule has 0 saturated carbocycles. The third kappa shape index (κ3) is 6.64. The lowest BCUT2D eigenvalue weighted by molar-refractivity contribution is 0.0526. The first kappa shape index (κ1) is 24.0. The smallest absolute Gasteiger partial charge is 0.338 e. The molecule has 3 N–H and O–H groups in total. The Labute approximate surface area is 193 Å². The maximum atomic E-state index is 12.7. The molecule has 0 unspecified atom stereocenters. The second-order valence-corrected chi connectivity index (χ2v) is 8.87. The average Bonchev–Trinajstić information content (AvgIpc) is 2.80. The zero-order valence-electron chi connectivity index (χ0n) is 18.2. The van der Waals surface area contributed by atoms with Crippen LogP contribution in [0.3, 0.4) is 0 Å². The van der Waals surface area contributed by atoms with Crippen LogP contribution in [0.5, 0.6) is 0 Å². The molecule has 0 aliphatic carbocycles. The first-order valence-electron chi connectivity index (χ1n) is 10.3. The number of hydrogen-bond acceptors (Lipinski definition) is 5. The number of urea groups is 1. The molecule has 0 aliphatic rings. The molecule has 1 atom stereocenters. The van der Waals surface area contributed by atoms with Crippen LogP contribution >= 0.6 is 0 Å². The number of carbonyl (C=O) groups excluding carboxylic acids is 2. The largest absolute Gasteiger partial charge is 0.462 e. The first-order chi connectivity index (χ1) is 15.8. The predicted molar refractivity (Wildman–Crippen MR) is 127 cm³/mol. The number of anilines is 2. The van der Waals surface area contributed by atoms with Crippen LogP contribution in [0, 0.1) is 0 Å². The maximum absolute atomic E-state index is 12.7. The second kappa shape index (κ2) is 10.8. The molecule has 0 spiro atoms. The van der Waals surface area contributed by atoms with E-state index in [0.717, 1.165) is 5.56 Å². The monoisotopic (exact) mass is 467 g/mol. The molecular formula is C24H25N3O5S. The van der Waals surface area contributed by atoms with Crippen LogP contribution in [0.15, 0.2) is 83.8 Å². The Morgan fingerprint density at radius 1 is 0.848 bits per heavy atom. The number of ether oxygens (including phenoxy) is 1. The fourth-order valence-electron chi connectivity index (χ4n) is 3.02. The molecule has 2 amide bonds. The van der Waals surface area contributed by atoms with Gasteiger partial charge in [-0.2, -0.15) is 0 Å². The number of rotatable bonds is 8. The van der Waals surface area contributed by atoms with Crippen LogP contribution in [-0.4, -0.2) is 27.0 Å². The number of carbonyl (C=O) groups is 2. The number of esters is 1. The van der Waals surface area contributed by atoms with Crippen molar-refractivity contribution in [2.24, 2.45) is 0 Å². The molecule has 3 aromatic carbocycles. The minimum Gasteiger partial charge on any atom is -0.462 e. The van der Waals surface area contributed by atoms with Gasteiger partial charge in [-0.1, -0.05) is 30.3 Å². The van der Waals surface area contributed by atoms with Gasteiger partial charge >= 0.3 is 12.0 Å². The molecule has 172 valence electrons. The van der Waals surface area contributed by atoms with E-state index in [4.69, 9.17) is 4.74 Å². The van der Waals surface area contributed by atoms with Gasteiger partial charge in [0, 0.05) is 17.4 Å². The molecule has 0 saturated heterocycles. The Kier molecular flexibility index (Phi) is 7.81. The molecule has 9 heteroatoms. The average molecular weight is 468 g/mol. The molecular weight excluding hydrogens is 442 g/mol.